The summed E-state index contributed by atoms with van der Waals surface area (Å²) >= 11 is 4.79. The van der Waals surface area contributed by atoms with Crippen LogP contribution in [0, 0.1) is 4.84 Å². The van der Waals surface area contributed by atoms with Gasteiger partial charge in [-0.2, -0.15) is 0 Å². The molecule has 0 spiro atoms. The molecule has 78 valence electrons. The maximum atomic E-state index is 5.67. The van der Waals surface area contributed by atoms with Crippen molar-refractivity contribution in [2.75, 3.05) is 12.8 Å². The van der Waals surface area contributed by atoms with Crippen molar-refractivity contribution >= 4 is 17.9 Å². The Morgan fingerprint density at radius 3 is 2.93 bits per heavy atom. The van der Waals surface area contributed by atoms with Crippen molar-refractivity contribution in [3.63, 3.8) is 0 Å². The molecule has 1 aromatic heterocycles. The Hall–Kier alpha value is -1.82. The summed E-state index contributed by atoms with van der Waals surface area (Å²) in [7, 11) is 1.57. The van der Waals surface area contributed by atoms with Crippen LogP contribution in [0.4, 0.5) is 5.69 Å². The number of aromatic amines is 1. The van der Waals surface area contributed by atoms with Crippen LogP contribution in [0.2, 0.25) is 0 Å². The SMILES string of the molecule is COc1ccc(N)cc1-c1n[nH]c(=S)o1. The van der Waals surface area contributed by atoms with Gasteiger partial charge in [-0.05, 0) is 30.4 Å². The Labute approximate surface area is 90.9 Å². The second-order valence-electron chi connectivity index (χ2n) is 2.88. The van der Waals surface area contributed by atoms with E-state index in [-0.39, 0.29) is 4.84 Å². The molecule has 0 aliphatic rings. The zero-order chi connectivity index (χ0) is 10.8. The maximum absolute atomic E-state index is 5.67. The van der Waals surface area contributed by atoms with E-state index in [1.165, 1.54) is 0 Å². The molecule has 5 nitrogen and oxygen atoms in total. The lowest BCUT2D eigenvalue weighted by Gasteiger charge is -2.05. The summed E-state index contributed by atoms with van der Waals surface area (Å²) in [6, 6.07) is 5.20. The molecule has 0 aliphatic heterocycles. The van der Waals surface area contributed by atoms with E-state index in [4.69, 9.17) is 27.1 Å². The molecule has 6 heteroatoms. The quantitative estimate of drug-likeness (QED) is 0.601. The molecule has 0 aliphatic carbocycles. The van der Waals surface area contributed by atoms with Crippen molar-refractivity contribution in [2.45, 2.75) is 0 Å². The molecule has 1 heterocycles. The van der Waals surface area contributed by atoms with Crippen LogP contribution in [0.25, 0.3) is 11.5 Å². The van der Waals surface area contributed by atoms with E-state index in [0.717, 1.165) is 0 Å². The fourth-order valence-electron chi connectivity index (χ4n) is 1.24. The van der Waals surface area contributed by atoms with E-state index in [2.05, 4.69) is 10.2 Å². The highest BCUT2D eigenvalue weighted by Crippen LogP contribution is 2.30. The first-order chi connectivity index (χ1) is 7.20. The fourth-order valence-corrected chi connectivity index (χ4v) is 1.36. The minimum Gasteiger partial charge on any atom is -0.496 e. The molecule has 2 rings (SSSR count). The Bertz CT molecular complexity index is 532. The monoisotopic (exact) mass is 223 g/mol. The molecular weight excluding hydrogens is 214 g/mol. The summed E-state index contributed by atoms with van der Waals surface area (Å²) in [6.45, 7) is 0. The molecule has 0 unspecified atom stereocenters. The zero-order valence-corrected chi connectivity index (χ0v) is 8.80. The molecule has 0 atom stereocenters. The van der Waals surface area contributed by atoms with Gasteiger partial charge in [0.05, 0.1) is 12.7 Å². The first kappa shape index (κ1) is 9.72. The van der Waals surface area contributed by atoms with Gasteiger partial charge in [-0.15, -0.1) is 5.10 Å². The minimum absolute atomic E-state index is 0.217. The highest BCUT2D eigenvalue weighted by Gasteiger charge is 2.10. The maximum Gasteiger partial charge on any atom is 0.284 e. The van der Waals surface area contributed by atoms with Crippen molar-refractivity contribution in [1.29, 1.82) is 0 Å². The molecule has 15 heavy (non-hydrogen) atoms. The third-order valence-corrected chi connectivity index (χ3v) is 2.07. The molecule has 0 saturated heterocycles. The van der Waals surface area contributed by atoms with E-state index >= 15 is 0 Å². The van der Waals surface area contributed by atoms with Crippen LogP contribution >= 0.6 is 12.2 Å². The number of methoxy groups -OCH3 is 1. The molecule has 0 fully saturated rings. The number of nitrogens with two attached hydrogens (primary N) is 1. The minimum atomic E-state index is 0.217. The Balaban J connectivity index is 2.59. The Morgan fingerprint density at radius 1 is 1.53 bits per heavy atom. The number of nitrogens with zero attached hydrogens (tertiary/aromatic N) is 1. The summed E-state index contributed by atoms with van der Waals surface area (Å²) < 4.78 is 10.3. The number of hydrogen-bond donors (Lipinski definition) is 2. The second-order valence-corrected chi connectivity index (χ2v) is 3.25. The van der Waals surface area contributed by atoms with Crippen LogP contribution in [-0.4, -0.2) is 17.3 Å². The van der Waals surface area contributed by atoms with Crippen molar-refractivity contribution < 1.29 is 9.15 Å². The van der Waals surface area contributed by atoms with E-state index in [0.29, 0.717) is 22.9 Å². The normalized spacial score (nSPS) is 10.2. The number of anilines is 1. The molecular formula is C9H9N3O2S. The standard InChI is InChI=1S/C9H9N3O2S/c1-13-7-3-2-5(10)4-6(7)8-11-12-9(15)14-8/h2-4H,10H2,1H3,(H,12,15). The van der Waals surface area contributed by atoms with Gasteiger partial charge < -0.3 is 14.9 Å². The van der Waals surface area contributed by atoms with Gasteiger partial charge in [0, 0.05) is 5.69 Å². The summed E-state index contributed by atoms with van der Waals surface area (Å²) in [5.74, 6) is 0.999. The smallest absolute Gasteiger partial charge is 0.284 e. The van der Waals surface area contributed by atoms with Gasteiger partial charge in [0.25, 0.3) is 4.84 Å². The predicted molar refractivity (Wildman–Crippen MR) is 58.1 cm³/mol. The number of rotatable bonds is 2. The molecule has 0 radical (unpaired) electrons. The van der Waals surface area contributed by atoms with Crippen molar-refractivity contribution in [1.82, 2.24) is 10.2 Å². The Kier molecular flexibility index (Phi) is 2.42. The zero-order valence-electron chi connectivity index (χ0n) is 7.98. The first-order valence-electron chi connectivity index (χ1n) is 4.20. The number of aromatic nitrogens is 2. The van der Waals surface area contributed by atoms with Crippen LogP contribution in [0.3, 0.4) is 0 Å². The highest BCUT2D eigenvalue weighted by atomic mass is 32.1. The van der Waals surface area contributed by atoms with Crippen LogP contribution in [-0.2, 0) is 0 Å². The number of benzene rings is 1. The van der Waals surface area contributed by atoms with Crippen LogP contribution in [0.5, 0.6) is 5.75 Å². The van der Waals surface area contributed by atoms with Crippen molar-refractivity contribution in [3.05, 3.63) is 23.0 Å². The molecule has 0 saturated carbocycles. The topological polar surface area (TPSA) is 77.1 Å². The van der Waals surface area contributed by atoms with Crippen LogP contribution in [0.1, 0.15) is 0 Å². The van der Waals surface area contributed by atoms with Gasteiger partial charge in [-0.25, -0.2) is 5.10 Å². The first-order valence-corrected chi connectivity index (χ1v) is 4.61. The van der Waals surface area contributed by atoms with Crippen LogP contribution in [0.15, 0.2) is 22.6 Å². The largest absolute Gasteiger partial charge is 0.496 e. The molecule has 0 amide bonds. The van der Waals surface area contributed by atoms with Crippen molar-refractivity contribution in [3.8, 4) is 17.2 Å². The highest BCUT2D eigenvalue weighted by molar-refractivity contribution is 7.71. The Morgan fingerprint density at radius 2 is 2.33 bits per heavy atom. The van der Waals surface area contributed by atoms with Gasteiger partial charge in [-0.1, -0.05) is 0 Å². The lowest BCUT2D eigenvalue weighted by molar-refractivity contribution is 0.414. The van der Waals surface area contributed by atoms with Gasteiger partial charge in [0.2, 0.25) is 5.89 Å². The third-order valence-electron chi connectivity index (χ3n) is 1.89. The molecule has 0 bridgehead atoms. The number of nitrogen functional groups attached to an aromatic ring is 1. The lowest BCUT2D eigenvalue weighted by atomic mass is 10.2. The predicted octanol–water partition coefficient (Wildman–Crippen LogP) is 1.99. The number of nitrogens with one attached hydrogen (secondary N) is 1. The summed E-state index contributed by atoms with van der Waals surface area (Å²) in [5, 5.41) is 6.44. The van der Waals surface area contributed by atoms with E-state index in [9.17, 15) is 0 Å². The average Bonchev–Trinajstić information content (AvgIpc) is 2.65. The average molecular weight is 223 g/mol. The molecule has 1 aromatic carbocycles. The third kappa shape index (κ3) is 1.84. The van der Waals surface area contributed by atoms with Crippen molar-refractivity contribution in [2.24, 2.45) is 0 Å². The number of H-pyrrole nitrogens is 1. The second kappa shape index (κ2) is 3.74. The van der Waals surface area contributed by atoms with Gasteiger partial charge in [0.1, 0.15) is 5.75 Å². The van der Waals surface area contributed by atoms with E-state index in [1.54, 1.807) is 25.3 Å². The van der Waals surface area contributed by atoms with Gasteiger partial charge in [-0.3, -0.25) is 0 Å². The summed E-state index contributed by atoms with van der Waals surface area (Å²) in [4.78, 5) is 0.217. The fraction of sp³-hybridized carbons (Fsp3) is 0.111. The van der Waals surface area contributed by atoms with Gasteiger partial charge in [0.15, 0.2) is 0 Å². The van der Waals surface area contributed by atoms with E-state index in [1.807, 2.05) is 0 Å². The summed E-state index contributed by atoms with van der Waals surface area (Å²) in [6.07, 6.45) is 0. The molecule has 2 aromatic rings. The number of hydrogen-bond acceptors (Lipinski definition) is 5. The van der Waals surface area contributed by atoms with Crippen LogP contribution < -0.4 is 10.5 Å². The lowest BCUT2D eigenvalue weighted by Crippen LogP contribution is -1.91. The van der Waals surface area contributed by atoms with Gasteiger partial charge >= 0.3 is 0 Å². The molecule has 3 N–H and O–H groups in total. The van der Waals surface area contributed by atoms with E-state index < -0.39 is 0 Å². The number of ether oxygens (including phenoxy) is 1. The summed E-state index contributed by atoms with van der Waals surface area (Å²) in [5.41, 5.74) is 6.94.